The number of morpholine rings is 1. The van der Waals surface area contributed by atoms with E-state index in [9.17, 15) is 22.8 Å². The number of halogens is 3. The summed E-state index contributed by atoms with van der Waals surface area (Å²) in [5.41, 5.74) is 6.57. The molecule has 0 bridgehead atoms. The molecule has 2 aliphatic rings. The number of benzene rings is 1. The molecule has 0 radical (unpaired) electrons. The normalized spacial score (nSPS) is 20.8. The maximum absolute atomic E-state index is 12.5. The van der Waals surface area contributed by atoms with Gasteiger partial charge in [-0.25, -0.2) is 4.79 Å². The van der Waals surface area contributed by atoms with Gasteiger partial charge in [-0.15, -0.1) is 0 Å². The van der Waals surface area contributed by atoms with Crippen molar-refractivity contribution >= 4 is 23.5 Å². The van der Waals surface area contributed by atoms with Crippen molar-refractivity contribution in [2.24, 2.45) is 11.7 Å². The predicted octanol–water partition coefficient (Wildman–Crippen LogP) is 2.01. The number of carboxylic acids is 1. The summed E-state index contributed by atoms with van der Waals surface area (Å²) in [6.45, 7) is 2.23. The molecule has 0 aromatic heterocycles. The van der Waals surface area contributed by atoms with Gasteiger partial charge in [-0.05, 0) is 31.4 Å². The van der Waals surface area contributed by atoms with Crippen LogP contribution < -0.4 is 15.8 Å². The number of nitrogens with zero attached hydrogens (tertiary/aromatic N) is 1. The van der Waals surface area contributed by atoms with Gasteiger partial charge < -0.3 is 30.5 Å². The maximum atomic E-state index is 12.5. The number of ether oxygens (including phenoxy) is 2. The highest BCUT2D eigenvalue weighted by atomic mass is 19.4. The Kier molecular flexibility index (Phi) is 9.92. The zero-order valence-corrected chi connectivity index (χ0v) is 18.0. The Balaban J connectivity index is 0.000000479. The van der Waals surface area contributed by atoms with E-state index < -0.39 is 12.1 Å². The van der Waals surface area contributed by atoms with Gasteiger partial charge in [0.1, 0.15) is 5.75 Å². The molecule has 1 heterocycles. The molecule has 2 amide bonds. The minimum Gasteiger partial charge on any atom is -0.482 e. The smallest absolute Gasteiger partial charge is 0.482 e. The number of amides is 2. The highest BCUT2D eigenvalue weighted by Crippen LogP contribution is 2.28. The minimum atomic E-state index is -5.08. The van der Waals surface area contributed by atoms with Crippen LogP contribution in [-0.4, -0.2) is 72.9 Å². The summed E-state index contributed by atoms with van der Waals surface area (Å²) >= 11 is 0. The van der Waals surface area contributed by atoms with E-state index in [1.165, 1.54) is 0 Å². The van der Waals surface area contributed by atoms with E-state index >= 15 is 0 Å². The largest absolute Gasteiger partial charge is 0.490 e. The summed E-state index contributed by atoms with van der Waals surface area (Å²) in [4.78, 5) is 35.4. The van der Waals surface area contributed by atoms with E-state index in [4.69, 9.17) is 25.1 Å². The zero-order valence-electron chi connectivity index (χ0n) is 18.0. The minimum absolute atomic E-state index is 0.0318. The number of aliphatic carboxylic acids is 1. The number of para-hydroxylation sites is 2. The van der Waals surface area contributed by atoms with E-state index in [2.05, 4.69) is 5.32 Å². The number of carbonyl (C=O) groups is 3. The lowest BCUT2D eigenvalue weighted by molar-refractivity contribution is -0.192. The number of carboxylic acid groups (broad SMARTS) is 1. The number of nitrogens with two attached hydrogens (primary N) is 1. The van der Waals surface area contributed by atoms with Crippen LogP contribution in [0.25, 0.3) is 0 Å². The van der Waals surface area contributed by atoms with Gasteiger partial charge in [0, 0.05) is 25.0 Å². The van der Waals surface area contributed by atoms with Crippen LogP contribution in [0.2, 0.25) is 0 Å². The van der Waals surface area contributed by atoms with E-state index in [-0.39, 0.29) is 30.4 Å². The number of carbonyl (C=O) groups excluding carboxylic acids is 2. The van der Waals surface area contributed by atoms with Gasteiger partial charge in [-0.1, -0.05) is 18.6 Å². The lowest BCUT2D eigenvalue weighted by atomic mass is 9.85. The molecule has 1 aromatic carbocycles. The summed E-state index contributed by atoms with van der Waals surface area (Å²) in [5.74, 6) is -2.43. The maximum Gasteiger partial charge on any atom is 0.490 e. The summed E-state index contributed by atoms with van der Waals surface area (Å²) < 4.78 is 42.7. The molecule has 12 heteroatoms. The molecule has 0 spiro atoms. The second kappa shape index (κ2) is 12.4. The molecular formula is C21H28F3N3O6. The van der Waals surface area contributed by atoms with Gasteiger partial charge in [0.2, 0.25) is 5.91 Å². The van der Waals surface area contributed by atoms with Crippen LogP contribution in [0.5, 0.6) is 5.75 Å². The Labute approximate surface area is 189 Å². The molecular weight excluding hydrogens is 447 g/mol. The molecule has 9 nitrogen and oxygen atoms in total. The summed E-state index contributed by atoms with van der Waals surface area (Å²) in [7, 11) is 0. The van der Waals surface area contributed by atoms with Crippen molar-refractivity contribution in [3.8, 4) is 5.75 Å². The van der Waals surface area contributed by atoms with Crippen LogP contribution in [0.3, 0.4) is 0 Å². The Bertz CT molecular complexity index is 815. The van der Waals surface area contributed by atoms with E-state index in [0.717, 1.165) is 19.3 Å². The predicted molar refractivity (Wildman–Crippen MR) is 112 cm³/mol. The zero-order chi connectivity index (χ0) is 24.4. The molecule has 1 aromatic rings. The Morgan fingerprint density at radius 1 is 1.18 bits per heavy atom. The van der Waals surface area contributed by atoms with Crippen LogP contribution in [-0.2, 0) is 19.1 Å². The highest BCUT2D eigenvalue weighted by molar-refractivity contribution is 5.94. The number of rotatable bonds is 5. The monoisotopic (exact) mass is 475 g/mol. The number of alkyl halides is 3. The van der Waals surface area contributed by atoms with Crippen molar-refractivity contribution < 1.29 is 42.1 Å². The van der Waals surface area contributed by atoms with Gasteiger partial charge >= 0.3 is 12.1 Å². The fourth-order valence-corrected chi connectivity index (χ4v) is 3.44. The van der Waals surface area contributed by atoms with Gasteiger partial charge in [0.05, 0.1) is 18.9 Å². The second-order valence-corrected chi connectivity index (χ2v) is 7.69. The molecule has 3 rings (SSSR count). The Morgan fingerprint density at radius 2 is 1.82 bits per heavy atom. The van der Waals surface area contributed by atoms with Crippen molar-refractivity contribution in [1.82, 2.24) is 4.90 Å². The Morgan fingerprint density at radius 3 is 2.42 bits per heavy atom. The first kappa shape index (κ1) is 26.4. The first-order chi connectivity index (χ1) is 15.6. The van der Waals surface area contributed by atoms with Crippen molar-refractivity contribution in [2.75, 3.05) is 38.2 Å². The van der Waals surface area contributed by atoms with E-state index in [0.29, 0.717) is 44.2 Å². The fourth-order valence-electron chi connectivity index (χ4n) is 3.44. The van der Waals surface area contributed by atoms with Crippen molar-refractivity contribution in [3.05, 3.63) is 24.3 Å². The third kappa shape index (κ3) is 8.89. The highest BCUT2D eigenvalue weighted by Gasteiger charge is 2.38. The topological polar surface area (TPSA) is 131 Å². The van der Waals surface area contributed by atoms with Gasteiger partial charge in [-0.3, -0.25) is 9.59 Å². The first-order valence-corrected chi connectivity index (χ1v) is 10.5. The third-order valence-corrected chi connectivity index (χ3v) is 5.19. The molecule has 2 unspecified atom stereocenters. The van der Waals surface area contributed by atoms with Crippen LogP contribution in [0.15, 0.2) is 24.3 Å². The summed E-state index contributed by atoms with van der Waals surface area (Å²) in [6, 6.07) is 7.29. The third-order valence-electron chi connectivity index (χ3n) is 5.19. The molecule has 184 valence electrons. The van der Waals surface area contributed by atoms with Gasteiger partial charge in [-0.2, -0.15) is 13.2 Å². The molecule has 1 aliphatic heterocycles. The second-order valence-electron chi connectivity index (χ2n) is 7.69. The molecule has 4 N–H and O–H groups in total. The van der Waals surface area contributed by atoms with Crippen molar-refractivity contribution in [3.63, 3.8) is 0 Å². The van der Waals surface area contributed by atoms with Crippen LogP contribution in [0.4, 0.5) is 18.9 Å². The van der Waals surface area contributed by atoms with Gasteiger partial charge in [0.15, 0.2) is 6.61 Å². The van der Waals surface area contributed by atoms with Crippen molar-refractivity contribution in [2.45, 2.75) is 37.9 Å². The average molecular weight is 475 g/mol. The average Bonchev–Trinajstić information content (AvgIpc) is 2.78. The molecule has 2 atom stereocenters. The van der Waals surface area contributed by atoms with E-state index in [1.54, 1.807) is 17.0 Å². The quantitative estimate of drug-likeness (QED) is 0.594. The molecule has 33 heavy (non-hydrogen) atoms. The molecule has 1 aliphatic carbocycles. The lowest BCUT2D eigenvalue weighted by Gasteiger charge is -2.27. The lowest BCUT2D eigenvalue weighted by Crippen LogP contribution is -2.43. The van der Waals surface area contributed by atoms with Crippen LogP contribution in [0, 0.1) is 5.92 Å². The van der Waals surface area contributed by atoms with E-state index in [1.807, 2.05) is 12.1 Å². The SMILES string of the molecule is NC1CCCC(C(=O)Nc2ccccc2OCC(=O)N2CCOCC2)C1.O=C(O)C(F)(F)F. The number of nitrogens with one attached hydrogen (secondary N) is 1. The Hall–Kier alpha value is -2.86. The first-order valence-electron chi connectivity index (χ1n) is 10.5. The molecule has 1 saturated heterocycles. The summed E-state index contributed by atoms with van der Waals surface area (Å²) in [6.07, 6.45) is -1.55. The van der Waals surface area contributed by atoms with Crippen LogP contribution >= 0.6 is 0 Å². The van der Waals surface area contributed by atoms with Gasteiger partial charge in [0.25, 0.3) is 5.91 Å². The molecule has 2 fully saturated rings. The number of anilines is 1. The van der Waals surface area contributed by atoms with Crippen molar-refractivity contribution in [1.29, 1.82) is 0 Å². The number of hydrogen-bond donors (Lipinski definition) is 3. The summed E-state index contributed by atoms with van der Waals surface area (Å²) in [5, 5.41) is 10.1. The molecule has 1 saturated carbocycles. The standard InChI is InChI=1S/C19H27N3O4.C2HF3O2/c20-15-5-3-4-14(12-15)19(24)21-16-6-1-2-7-17(16)26-13-18(23)22-8-10-25-11-9-22;3-2(4,5)1(6)7/h1-2,6-7,14-15H,3-5,8-13,20H2,(H,21,24);(H,6,7). The number of hydrogen-bond acceptors (Lipinski definition) is 6. The fraction of sp³-hybridized carbons (Fsp3) is 0.571. The van der Waals surface area contributed by atoms with Crippen LogP contribution in [0.1, 0.15) is 25.7 Å².